The molecule has 0 amide bonds. The van der Waals surface area contributed by atoms with Crippen LogP contribution in [-0.4, -0.2) is 8.42 Å². The van der Waals surface area contributed by atoms with Crippen molar-refractivity contribution in [3.63, 3.8) is 0 Å². The molecule has 0 aliphatic carbocycles. The van der Waals surface area contributed by atoms with Crippen LogP contribution in [0.3, 0.4) is 0 Å². The summed E-state index contributed by atoms with van der Waals surface area (Å²) in [5.41, 5.74) is -1.46. The van der Waals surface area contributed by atoms with Crippen molar-refractivity contribution in [2.24, 2.45) is 0 Å². The van der Waals surface area contributed by atoms with E-state index in [1.807, 2.05) is 0 Å². The van der Waals surface area contributed by atoms with Crippen molar-refractivity contribution in [1.29, 1.82) is 10.5 Å². The van der Waals surface area contributed by atoms with Crippen LogP contribution in [0.4, 0.5) is 13.2 Å². The summed E-state index contributed by atoms with van der Waals surface area (Å²) in [6.07, 6.45) is -3.13. The second-order valence-electron chi connectivity index (χ2n) is 4.80. The maximum Gasteiger partial charge on any atom is 0.268 e. The molecule has 0 saturated carbocycles. The van der Waals surface area contributed by atoms with E-state index in [4.69, 9.17) is 15.3 Å². The molecule has 9 heteroatoms. The molecule has 128 valence electrons. The Kier molecular flexibility index (Phi) is 5.63. The molecule has 2 rings (SSSR count). The lowest BCUT2D eigenvalue weighted by molar-refractivity contribution is 0.147. The minimum atomic E-state index is -3.13. The van der Waals surface area contributed by atoms with Crippen LogP contribution in [0.25, 0.3) is 0 Å². The van der Waals surface area contributed by atoms with E-state index < -0.39 is 45.6 Å². The van der Waals surface area contributed by atoms with Gasteiger partial charge in [-0.3, -0.25) is 0 Å². The zero-order valence-corrected chi connectivity index (χ0v) is 13.3. The molecule has 0 fully saturated rings. The smallest absolute Gasteiger partial charge is 0.268 e. The average molecular weight is 366 g/mol. The highest BCUT2D eigenvalue weighted by Crippen LogP contribution is 2.37. The number of hydrogen-bond donors (Lipinski definition) is 1. The second kappa shape index (κ2) is 7.69. The first-order valence-electron chi connectivity index (χ1n) is 6.70. The summed E-state index contributed by atoms with van der Waals surface area (Å²) in [7, 11) is -2.92. The first kappa shape index (κ1) is 18.3. The van der Waals surface area contributed by atoms with E-state index in [1.54, 1.807) is 12.1 Å². The number of nitriles is 2. The highest BCUT2D eigenvalue weighted by Gasteiger charge is 2.23. The molecule has 0 aliphatic rings. The summed E-state index contributed by atoms with van der Waals surface area (Å²) in [4.78, 5) is 0. The van der Waals surface area contributed by atoms with Gasteiger partial charge >= 0.3 is 0 Å². The zero-order valence-electron chi connectivity index (χ0n) is 12.4. The molecular formula is C16H9F3N2O3S. The van der Waals surface area contributed by atoms with E-state index in [0.717, 1.165) is 24.3 Å². The first-order valence-corrected chi connectivity index (χ1v) is 8.06. The maximum absolute atomic E-state index is 13.4. The number of halogens is 3. The van der Waals surface area contributed by atoms with E-state index >= 15 is 0 Å². The number of rotatable bonds is 5. The van der Waals surface area contributed by atoms with Gasteiger partial charge < -0.3 is 4.74 Å². The molecule has 0 aromatic heterocycles. The Bertz CT molecular complexity index is 968. The summed E-state index contributed by atoms with van der Waals surface area (Å²) in [5, 5.41) is 17.9. The summed E-state index contributed by atoms with van der Waals surface area (Å²) < 4.78 is 67.2. The van der Waals surface area contributed by atoms with Crippen LogP contribution in [0.5, 0.6) is 11.5 Å². The van der Waals surface area contributed by atoms with Crippen molar-refractivity contribution < 1.29 is 26.3 Å². The van der Waals surface area contributed by atoms with Crippen LogP contribution in [0.1, 0.15) is 28.7 Å². The Labute approximate surface area is 142 Å². The van der Waals surface area contributed by atoms with E-state index in [0.29, 0.717) is 0 Å². The Balaban J connectivity index is 2.57. The lowest BCUT2D eigenvalue weighted by Crippen LogP contribution is -2.02. The molecule has 0 heterocycles. The molecule has 5 nitrogen and oxygen atoms in total. The van der Waals surface area contributed by atoms with Gasteiger partial charge in [0.2, 0.25) is 0 Å². The van der Waals surface area contributed by atoms with Crippen molar-refractivity contribution in [2.75, 3.05) is 0 Å². The van der Waals surface area contributed by atoms with E-state index in [9.17, 15) is 21.6 Å². The molecular weight excluding hydrogens is 357 g/mol. The van der Waals surface area contributed by atoms with E-state index in [2.05, 4.69) is 0 Å². The van der Waals surface area contributed by atoms with Crippen molar-refractivity contribution in [3.8, 4) is 23.6 Å². The number of thiol groups is 1. The largest absolute Gasteiger partial charge is 0.457 e. The minimum Gasteiger partial charge on any atom is -0.457 e. The van der Waals surface area contributed by atoms with Gasteiger partial charge in [-0.15, -0.1) is 0 Å². The normalized spacial score (nSPS) is 10.5. The van der Waals surface area contributed by atoms with Gasteiger partial charge in [0.15, 0.2) is 0 Å². The number of nitrogens with zero attached hydrogens (tertiary/aromatic N) is 2. The average Bonchev–Trinajstić information content (AvgIpc) is 2.54. The van der Waals surface area contributed by atoms with E-state index in [1.165, 1.54) is 6.07 Å². The Hall–Kier alpha value is -3.04. The molecule has 0 spiro atoms. The summed E-state index contributed by atoms with van der Waals surface area (Å²) in [6, 6.07) is 8.49. The van der Waals surface area contributed by atoms with Crippen molar-refractivity contribution in [1.82, 2.24) is 0 Å². The quantitative estimate of drug-likeness (QED) is 0.819. The molecule has 0 bridgehead atoms. The van der Waals surface area contributed by atoms with E-state index in [-0.39, 0.29) is 16.9 Å². The molecule has 0 N–H and O–H groups in total. The third-order valence-electron chi connectivity index (χ3n) is 3.15. The lowest BCUT2D eigenvalue weighted by Gasteiger charge is -2.14. The van der Waals surface area contributed by atoms with Crippen LogP contribution in [0.15, 0.2) is 30.3 Å². The number of ether oxygens (including phenoxy) is 1. The number of benzene rings is 2. The molecule has 0 atom stereocenters. The van der Waals surface area contributed by atoms with Crippen LogP contribution >= 0.6 is 0 Å². The molecule has 0 aliphatic heterocycles. The zero-order chi connectivity index (χ0) is 18.6. The predicted octanol–water partition coefficient (Wildman–Crippen LogP) is 3.41. The summed E-state index contributed by atoms with van der Waals surface area (Å²) in [6.45, 7) is 0. The third-order valence-corrected chi connectivity index (χ3v) is 3.75. The first-order chi connectivity index (χ1) is 11.8. The predicted molar refractivity (Wildman–Crippen MR) is 81.3 cm³/mol. The second-order valence-corrected chi connectivity index (χ2v) is 5.79. The van der Waals surface area contributed by atoms with Gasteiger partial charge in [-0.1, -0.05) is 6.07 Å². The topological polar surface area (TPSA) is 90.9 Å². The highest BCUT2D eigenvalue weighted by atomic mass is 32.2. The fraction of sp³-hybridized carbons (Fsp3) is 0.125. The fourth-order valence-electron chi connectivity index (χ4n) is 2.17. The van der Waals surface area contributed by atoms with Crippen LogP contribution in [-0.2, 0) is 16.5 Å². The van der Waals surface area contributed by atoms with Crippen LogP contribution < -0.4 is 4.74 Å². The number of hydrogen-bond acceptors (Lipinski definition) is 5. The van der Waals surface area contributed by atoms with Gasteiger partial charge in [-0.05, 0) is 23.8 Å². The van der Waals surface area contributed by atoms with Gasteiger partial charge in [0.1, 0.15) is 34.1 Å². The summed E-state index contributed by atoms with van der Waals surface area (Å²) >= 11 is 0. The van der Waals surface area contributed by atoms with Gasteiger partial charge in [0.25, 0.3) is 6.43 Å². The van der Waals surface area contributed by atoms with Gasteiger partial charge in [-0.2, -0.15) is 10.5 Å². The molecule has 0 unspecified atom stereocenters. The molecule has 0 saturated heterocycles. The molecule has 2 aromatic rings. The van der Waals surface area contributed by atoms with Crippen LogP contribution in [0, 0.1) is 28.5 Å². The third kappa shape index (κ3) is 4.28. The fourth-order valence-corrected chi connectivity index (χ4v) is 2.71. The number of alkyl halides is 2. The minimum absolute atomic E-state index is 0.0749. The van der Waals surface area contributed by atoms with Crippen molar-refractivity contribution >= 4 is 10.7 Å². The Morgan fingerprint density at radius 3 is 2.40 bits per heavy atom. The molecule has 0 radical (unpaired) electrons. The Morgan fingerprint density at radius 2 is 1.84 bits per heavy atom. The lowest BCUT2D eigenvalue weighted by atomic mass is 10.0. The molecule has 25 heavy (non-hydrogen) atoms. The monoisotopic (exact) mass is 366 g/mol. The standard InChI is InChI=1S/C16H9F3N2O3S/c17-11-3-9(6-20)4-12(5-11)24-14-2-1-10(8-25(22)23)13(7-21)15(14)16(18)19/h1-5,16,25H,8H2. The van der Waals surface area contributed by atoms with Crippen molar-refractivity contribution in [2.45, 2.75) is 12.2 Å². The SMILES string of the molecule is N#Cc1cc(F)cc(Oc2ccc(C[SH](=O)=O)c(C#N)c2C(F)F)c1. The van der Waals surface area contributed by atoms with Gasteiger partial charge in [0, 0.05) is 6.07 Å². The molecule has 2 aromatic carbocycles. The summed E-state index contributed by atoms with van der Waals surface area (Å²) in [5.74, 6) is -2.00. The van der Waals surface area contributed by atoms with Gasteiger partial charge in [-0.25, -0.2) is 21.6 Å². The highest BCUT2D eigenvalue weighted by molar-refractivity contribution is 7.71. The Morgan fingerprint density at radius 1 is 1.12 bits per heavy atom. The van der Waals surface area contributed by atoms with Crippen LogP contribution in [0.2, 0.25) is 0 Å². The van der Waals surface area contributed by atoms with Gasteiger partial charge in [0.05, 0.1) is 28.5 Å². The maximum atomic E-state index is 13.4. The van der Waals surface area contributed by atoms with Crippen molar-refractivity contribution in [3.05, 3.63) is 58.4 Å².